The highest BCUT2D eigenvalue weighted by atomic mass is 35.5. The summed E-state index contributed by atoms with van der Waals surface area (Å²) in [7, 11) is 3.71. The first-order valence-corrected chi connectivity index (χ1v) is 10.7. The topological polar surface area (TPSA) is 59.4 Å². The molecule has 0 fully saturated rings. The predicted octanol–water partition coefficient (Wildman–Crippen LogP) is 6.50. The number of likely N-dealkylation sites (N-methyl/N-ethyl adjacent to an activating group) is 1. The highest BCUT2D eigenvalue weighted by molar-refractivity contribution is 6.31. The molecule has 9 heteroatoms. The van der Waals surface area contributed by atoms with Crippen molar-refractivity contribution >= 4 is 29.0 Å². The van der Waals surface area contributed by atoms with E-state index in [0.717, 1.165) is 23.3 Å². The first kappa shape index (κ1) is 25.1. The summed E-state index contributed by atoms with van der Waals surface area (Å²) in [5, 5.41) is 11.2. The molecule has 3 aromatic rings. The Bertz CT molecular complexity index is 1200. The standard InChI is InChI=1S/C25H22ClF3N4O/c1-32(2)12-13-33(24(34)31-20-8-11-23(26)22(15-20)25(27,28)29)21-9-6-18(7-10-21)19-5-3-4-17(14-19)16-30/h3-11,14-15H,12-13H2,1-2H3,(H,31,34). The van der Waals surface area contributed by atoms with Crippen LogP contribution in [0.4, 0.5) is 29.3 Å². The van der Waals surface area contributed by atoms with Crippen LogP contribution in [-0.2, 0) is 6.18 Å². The summed E-state index contributed by atoms with van der Waals surface area (Å²) < 4.78 is 39.6. The van der Waals surface area contributed by atoms with Gasteiger partial charge in [0.05, 0.1) is 22.2 Å². The van der Waals surface area contributed by atoms with Crippen LogP contribution in [0, 0.1) is 11.3 Å². The molecule has 0 heterocycles. The zero-order chi connectivity index (χ0) is 24.9. The second-order valence-corrected chi connectivity index (χ2v) is 8.22. The van der Waals surface area contributed by atoms with Gasteiger partial charge in [-0.05, 0) is 67.7 Å². The Morgan fingerprint density at radius 3 is 2.32 bits per heavy atom. The number of nitriles is 1. The number of amides is 2. The zero-order valence-corrected chi connectivity index (χ0v) is 19.3. The van der Waals surface area contributed by atoms with Gasteiger partial charge in [-0.3, -0.25) is 4.90 Å². The number of hydrogen-bond donors (Lipinski definition) is 1. The van der Waals surface area contributed by atoms with E-state index in [1.54, 1.807) is 30.3 Å². The highest BCUT2D eigenvalue weighted by Gasteiger charge is 2.33. The number of carbonyl (C=O) groups is 1. The molecule has 176 valence electrons. The number of carbonyl (C=O) groups excluding carboxylic acids is 1. The molecule has 34 heavy (non-hydrogen) atoms. The molecule has 0 saturated heterocycles. The Hall–Kier alpha value is -3.54. The summed E-state index contributed by atoms with van der Waals surface area (Å²) in [6.07, 6.45) is -4.64. The number of hydrogen-bond acceptors (Lipinski definition) is 3. The summed E-state index contributed by atoms with van der Waals surface area (Å²) in [5.74, 6) is 0. The number of benzene rings is 3. The van der Waals surface area contributed by atoms with Gasteiger partial charge in [-0.1, -0.05) is 35.9 Å². The molecular weight excluding hydrogens is 465 g/mol. The maximum atomic E-state index is 13.2. The number of anilines is 2. The Labute approximate surface area is 201 Å². The minimum Gasteiger partial charge on any atom is -0.308 e. The van der Waals surface area contributed by atoms with Gasteiger partial charge in [-0.15, -0.1) is 0 Å². The number of halogens is 4. The lowest BCUT2D eigenvalue weighted by Gasteiger charge is -2.25. The van der Waals surface area contributed by atoms with E-state index in [1.165, 1.54) is 11.0 Å². The number of alkyl halides is 3. The second-order valence-electron chi connectivity index (χ2n) is 7.82. The average molecular weight is 487 g/mol. The lowest BCUT2D eigenvalue weighted by molar-refractivity contribution is -0.137. The maximum absolute atomic E-state index is 13.2. The number of nitrogens with one attached hydrogen (secondary N) is 1. The molecule has 2 amide bonds. The fourth-order valence-corrected chi connectivity index (χ4v) is 3.49. The second kappa shape index (κ2) is 10.6. The first-order valence-electron chi connectivity index (χ1n) is 10.3. The zero-order valence-electron chi connectivity index (χ0n) is 18.5. The van der Waals surface area contributed by atoms with Crippen molar-refractivity contribution in [2.45, 2.75) is 6.18 Å². The van der Waals surface area contributed by atoms with Crippen LogP contribution in [0.15, 0.2) is 66.7 Å². The molecule has 0 saturated carbocycles. The third-order valence-corrected chi connectivity index (χ3v) is 5.37. The minimum atomic E-state index is -4.64. The average Bonchev–Trinajstić information content (AvgIpc) is 2.80. The van der Waals surface area contributed by atoms with E-state index in [0.29, 0.717) is 24.3 Å². The van der Waals surface area contributed by atoms with Crippen LogP contribution in [0.5, 0.6) is 0 Å². The normalized spacial score (nSPS) is 11.2. The van der Waals surface area contributed by atoms with Gasteiger partial charge < -0.3 is 10.2 Å². The summed E-state index contributed by atoms with van der Waals surface area (Å²) in [6.45, 7) is 0.843. The minimum absolute atomic E-state index is 0.0125. The number of rotatable bonds is 6. The molecule has 0 spiro atoms. The third kappa shape index (κ3) is 6.28. The lowest BCUT2D eigenvalue weighted by atomic mass is 10.0. The van der Waals surface area contributed by atoms with Crippen molar-refractivity contribution in [3.05, 3.63) is 82.9 Å². The van der Waals surface area contributed by atoms with Gasteiger partial charge in [-0.2, -0.15) is 18.4 Å². The molecule has 0 aliphatic heterocycles. The molecule has 0 bridgehead atoms. The van der Waals surface area contributed by atoms with Crippen molar-refractivity contribution in [1.29, 1.82) is 5.26 Å². The van der Waals surface area contributed by atoms with Crippen LogP contribution in [0.3, 0.4) is 0 Å². The summed E-state index contributed by atoms with van der Waals surface area (Å²) in [5.41, 5.74) is 1.80. The molecule has 3 rings (SSSR count). The SMILES string of the molecule is CN(C)CCN(C(=O)Nc1ccc(Cl)c(C(F)(F)F)c1)c1ccc(-c2cccc(C#N)c2)cc1. The Kier molecular flexibility index (Phi) is 7.82. The Morgan fingerprint density at radius 2 is 1.71 bits per heavy atom. The van der Waals surface area contributed by atoms with E-state index >= 15 is 0 Å². The Morgan fingerprint density at radius 1 is 1.00 bits per heavy atom. The van der Waals surface area contributed by atoms with Gasteiger partial charge in [0.15, 0.2) is 0 Å². The van der Waals surface area contributed by atoms with Gasteiger partial charge in [0.1, 0.15) is 0 Å². The van der Waals surface area contributed by atoms with Crippen molar-refractivity contribution in [2.75, 3.05) is 37.4 Å². The van der Waals surface area contributed by atoms with E-state index in [9.17, 15) is 18.0 Å². The van der Waals surface area contributed by atoms with Crippen molar-refractivity contribution in [2.24, 2.45) is 0 Å². The van der Waals surface area contributed by atoms with E-state index < -0.39 is 22.8 Å². The van der Waals surface area contributed by atoms with Gasteiger partial charge in [0.25, 0.3) is 0 Å². The molecule has 3 aromatic carbocycles. The van der Waals surface area contributed by atoms with Gasteiger partial charge in [-0.25, -0.2) is 4.79 Å². The summed E-state index contributed by atoms with van der Waals surface area (Å²) in [4.78, 5) is 16.4. The molecule has 0 aliphatic carbocycles. The summed E-state index contributed by atoms with van der Waals surface area (Å²) >= 11 is 5.68. The van der Waals surface area contributed by atoms with Crippen molar-refractivity contribution in [3.8, 4) is 17.2 Å². The van der Waals surface area contributed by atoms with E-state index in [1.807, 2.05) is 37.2 Å². The quantitative estimate of drug-likeness (QED) is 0.433. The molecule has 0 aromatic heterocycles. The van der Waals surface area contributed by atoms with E-state index in [-0.39, 0.29) is 5.69 Å². The largest absolute Gasteiger partial charge is 0.417 e. The van der Waals surface area contributed by atoms with Crippen molar-refractivity contribution in [3.63, 3.8) is 0 Å². The van der Waals surface area contributed by atoms with Crippen LogP contribution in [-0.4, -0.2) is 38.1 Å². The Balaban J connectivity index is 1.87. The van der Waals surface area contributed by atoms with Crippen molar-refractivity contribution < 1.29 is 18.0 Å². The van der Waals surface area contributed by atoms with Gasteiger partial charge in [0.2, 0.25) is 0 Å². The fraction of sp³-hybridized carbons (Fsp3) is 0.200. The van der Waals surface area contributed by atoms with E-state index in [4.69, 9.17) is 16.9 Å². The van der Waals surface area contributed by atoms with Crippen LogP contribution in [0.2, 0.25) is 5.02 Å². The fourth-order valence-electron chi connectivity index (χ4n) is 3.26. The summed E-state index contributed by atoms with van der Waals surface area (Å²) in [6, 6.07) is 19.1. The molecule has 0 aliphatic rings. The van der Waals surface area contributed by atoms with Crippen LogP contribution in [0.25, 0.3) is 11.1 Å². The molecule has 0 radical (unpaired) electrons. The van der Waals surface area contributed by atoms with Gasteiger partial charge in [0, 0.05) is 24.5 Å². The van der Waals surface area contributed by atoms with Crippen molar-refractivity contribution in [1.82, 2.24) is 4.90 Å². The number of urea groups is 1. The third-order valence-electron chi connectivity index (χ3n) is 5.04. The smallest absolute Gasteiger partial charge is 0.308 e. The molecule has 1 N–H and O–H groups in total. The molecule has 5 nitrogen and oxygen atoms in total. The monoisotopic (exact) mass is 486 g/mol. The van der Waals surface area contributed by atoms with Crippen LogP contribution >= 0.6 is 11.6 Å². The maximum Gasteiger partial charge on any atom is 0.417 e. The first-order chi connectivity index (χ1) is 16.1. The lowest BCUT2D eigenvalue weighted by Crippen LogP contribution is -2.39. The van der Waals surface area contributed by atoms with Gasteiger partial charge >= 0.3 is 12.2 Å². The van der Waals surface area contributed by atoms with E-state index in [2.05, 4.69) is 11.4 Å². The highest BCUT2D eigenvalue weighted by Crippen LogP contribution is 2.36. The number of nitrogens with zero attached hydrogens (tertiary/aromatic N) is 3. The van der Waals surface area contributed by atoms with Crippen LogP contribution in [0.1, 0.15) is 11.1 Å². The molecule has 0 atom stereocenters. The predicted molar refractivity (Wildman–Crippen MR) is 128 cm³/mol. The van der Waals surface area contributed by atoms with Crippen LogP contribution < -0.4 is 10.2 Å². The molecule has 0 unspecified atom stereocenters. The molecular formula is C25H22ClF3N4O.